The molecule has 0 spiro atoms. The number of rotatable bonds is 4. The van der Waals surface area contributed by atoms with Crippen molar-refractivity contribution in [2.45, 2.75) is 0 Å². The van der Waals surface area contributed by atoms with Gasteiger partial charge >= 0.3 is 11.9 Å². The van der Waals surface area contributed by atoms with Crippen molar-refractivity contribution in [2.75, 3.05) is 13.1 Å². The van der Waals surface area contributed by atoms with Crippen LogP contribution in [0.3, 0.4) is 0 Å². The molecule has 4 N–H and O–H groups in total. The molecule has 0 aromatic rings. The molecule has 1 rings (SSSR count). The topological polar surface area (TPSA) is 121 Å². The van der Waals surface area contributed by atoms with Crippen molar-refractivity contribution in [1.29, 1.82) is 0 Å². The van der Waals surface area contributed by atoms with Crippen LogP contribution >= 0.6 is 0 Å². The zero-order chi connectivity index (χ0) is 12.3. The Hall–Kier alpha value is -2.31. The Morgan fingerprint density at radius 3 is 2.38 bits per heavy atom. The summed E-state index contributed by atoms with van der Waals surface area (Å²) in [5.41, 5.74) is 4.16. The third kappa shape index (κ3) is 2.38. The van der Waals surface area contributed by atoms with Gasteiger partial charge in [-0.15, -0.1) is 0 Å². The molecule has 1 aliphatic rings. The zero-order valence-corrected chi connectivity index (χ0v) is 8.21. The van der Waals surface area contributed by atoms with E-state index in [4.69, 9.17) is 15.9 Å². The first kappa shape index (κ1) is 11.8. The van der Waals surface area contributed by atoms with E-state index >= 15 is 0 Å². The number of amides is 1. The fraction of sp³-hybridized carbons (Fsp3) is 0.222. The first-order valence-electron chi connectivity index (χ1n) is 4.34. The Labute approximate surface area is 90.4 Å². The Morgan fingerprint density at radius 2 is 1.94 bits per heavy atom. The van der Waals surface area contributed by atoms with Crippen LogP contribution < -0.4 is 5.73 Å². The fourth-order valence-electron chi connectivity index (χ4n) is 1.39. The van der Waals surface area contributed by atoms with E-state index in [9.17, 15) is 14.4 Å². The van der Waals surface area contributed by atoms with Gasteiger partial charge < -0.3 is 20.8 Å². The molecular formula is C9H10N2O5. The standard InChI is InChI=1S/C9H10N2O5/c10-6(12)4-11-3-1-2-5(8(13)14)7(11)9(15)16/h1-2H,3-4H2,(H2,10,12)(H,13,14)(H,15,16). The molecule has 1 amide bonds. The number of carboxylic acid groups (broad SMARTS) is 2. The van der Waals surface area contributed by atoms with Gasteiger partial charge in [-0.1, -0.05) is 6.08 Å². The van der Waals surface area contributed by atoms with Crippen molar-refractivity contribution >= 4 is 17.8 Å². The third-order valence-electron chi connectivity index (χ3n) is 1.96. The van der Waals surface area contributed by atoms with Crippen molar-refractivity contribution in [2.24, 2.45) is 5.73 Å². The molecule has 16 heavy (non-hydrogen) atoms. The molecule has 0 unspecified atom stereocenters. The van der Waals surface area contributed by atoms with Crippen molar-refractivity contribution in [3.8, 4) is 0 Å². The molecule has 0 aliphatic carbocycles. The second-order valence-electron chi connectivity index (χ2n) is 3.12. The summed E-state index contributed by atoms with van der Waals surface area (Å²) in [6.07, 6.45) is 2.65. The van der Waals surface area contributed by atoms with Crippen LogP contribution in [-0.4, -0.2) is 46.0 Å². The van der Waals surface area contributed by atoms with Gasteiger partial charge in [-0.05, 0) is 6.08 Å². The van der Waals surface area contributed by atoms with E-state index in [1.54, 1.807) is 0 Å². The predicted molar refractivity (Wildman–Crippen MR) is 52.2 cm³/mol. The van der Waals surface area contributed by atoms with E-state index in [1.165, 1.54) is 12.2 Å². The highest BCUT2D eigenvalue weighted by Crippen LogP contribution is 2.17. The summed E-state index contributed by atoms with van der Waals surface area (Å²) in [6.45, 7) is -0.190. The van der Waals surface area contributed by atoms with E-state index in [1.807, 2.05) is 0 Å². The lowest BCUT2D eigenvalue weighted by Crippen LogP contribution is -2.38. The maximum Gasteiger partial charge on any atom is 0.353 e. The number of carbonyl (C=O) groups is 3. The molecule has 7 heteroatoms. The van der Waals surface area contributed by atoms with Gasteiger partial charge in [0.05, 0.1) is 12.1 Å². The van der Waals surface area contributed by atoms with Crippen LogP contribution in [0.1, 0.15) is 0 Å². The quantitative estimate of drug-likeness (QED) is 0.551. The normalized spacial score (nSPS) is 15.1. The number of carboxylic acids is 2. The van der Waals surface area contributed by atoms with Crippen LogP contribution in [0, 0.1) is 0 Å². The van der Waals surface area contributed by atoms with Crippen LogP contribution in [-0.2, 0) is 14.4 Å². The van der Waals surface area contributed by atoms with Gasteiger partial charge in [-0.2, -0.15) is 0 Å². The lowest BCUT2D eigenvalue weighted by atomic mass is 10.1. The lowest BCUT2D eigenvalue weighted by Gasteiger charge is -2.25. The van der Waals surface area contributed by atoms with Gasteiger partial charge in [-0.25, -0.2) is 9.59 Å². The van der Waals surface area contributed by atoms with E-state index in [2.05, 4.69) is 0 Å². The van der Waals surface area contributed by atoms with E-state index in [0.717, 1.165) is 4.90 Å². The maximum atomic E-state index is 10.9. The molecule has 0 aromatic heterocycles. The highest BCUT2D eigenvalue weighted by molar-refractivity contribution is 6.01. The average Bonchev–Trinajstić information content (AvgIpc) is 2.15. The summed E-state index contributed by atoms with van der Waals surface area (Å²) < 4.78 is 0. The molecule has 7 nitrogen and oxygen atoms in total. The molecule has 0 saturated carbocycles. The van der Waals surface area contributed by atoms with E-state index < -0.39 is 23.5 Å². The van der Waals surface area contributed by atoms with Crippen LogP contribution in [0.4, 0.5) is 0 Å². The molecule has 1 aliphatic heterocycles. The van der Waals surface area contributed by atoms with Gasteiger partial charge in [-0.3, -0.25) is 4.79 Å². The number of nitrogens with zero attached hydrogens (tertiary/aromatic N) is 1. The smallest absolute Gasteiger partial charge is 0.353 e. The Morgan fingerprint density at radius 1 is 1.31 bits per heavy atom. The van der Waals surface area contributed by atoms with Gasteiger partial charge in [0.2, 0.25) is 5.91 Å². The van der Waals surface area contributed by atoms with Crippen LogP contribution in [0.2, 0.25) is 0 Å². The summed E-state index contributed by atoms with van der Waals surface area (Å²) in [5.74, 6) is -3.48. The van der Waals surface area contributed by atoms with Crippen molar-refractivity contribution < 1.29 is 24.6 Å². The molecule has 0 aromatic carbocycles. The molecule has 0 atom stereocenters. The number of carbonyl (C=O) groups excluding carboxylic acids is 1. The van der Waals surface area contributed by atoms with Crippen LogP contribution in [0.15, 0.2) is 23.4 Å². The Bertz CT molecular complexity index is 410. The second kappa shape index (κ2) is 4.47. The zero-order valence-electron chi connectivity index (χ0n) is 8.21. The number of aliphatic carboxylic acids is 2. The molecule has 86 valence electrons. The summed E-state index contributed by atoms with van der Waals surface area (Å²) in [5, 5.41) is 17.7. The van der Waals surface area contributed by atoms with Crippen LogP contribution in [0.5, 0.6) is 0 Å². The van der Waals surface area contributed by atoms with Crippen molar-refractivity contribution in [1.82, 2.24) is 4.90 Å². The predicted octanol–water partition coefficient (Wildman–Crippen LogP) is -1.23. The van der Waals surface area contributed by atoms with Gasteiger partial charge in [0.15, 0.2) is 0 Å². The van der Waals surface area contributed by atoms with Crippen molar-refractivity contribution in [3.05, 3.63) is 23.4 Å². The van der Waals surface area contributed by atoms with E-state index in [-0.39, 0.29) is 18.7 Å². The molecule has 0 saturated heterocycles. The maximum absolute atomic E-state index is 10.9. The average molecular weight is 226 g/mol. The highest BCUT2D eigenvalue weighted by Gasteiger charge is 2.27. The SMILES string of the molecule is NC(=O)CN1CC=CC(C(=O)O)=C1C(=O)O. The highest BCUT2D eigenvalue weighted by atomic mass is 16.4. The van der Waals surface area contributed by atoms with Crippen LogP contribution in [0.25, 0.3) is 0 Å². The first-order chi connectivity index (χ1) is 7.43. The summed E-state index contributed by atoms with van der Waals surface area (Å²) in [6, 6.07) is 0. The number of hydrogen-bond donors (Lipinski definition) is 3. The number of primary amides is 1. The molecule has 0 bridgehead atoms. The lowest BCUT2D eigenvalue weighted by molar-refractivity contribution is -0.137. The molecular weight excluding hydrogens is 216 g/mol. The molecule has 0 radical (unpaired) electrons. The van der Waals surface area contributed by atoms with Gasteiger partial charge in [0, 0.05) is 6.54 Å². The summed E-state index contributed by atoms with van der Waals surface area (Å²) >= 11 is 0. The number of hydrogen-bond acceptors (Lipinski definition) is 4. The first-order valence-corrected chi connectivity index (χ1v) is 4.34. The fourth-order valence-corrected chi connectivity index (χ4v) is 1.39. The molecule has 0 fully saturated rings. The molecule has 1 heterocycles. The number of nitrogens with two attached hydrogens (primary N) is 1. The van der Waals surface area contributed by atoms with E-state index in [0.29, 0.717) is 0 Å². The second-order valence-corrected chi connectivity index (χ2v) is 3.12. The Kier molecular flexibility index (Phi) is 3.29. The van der Waals surface area contributed by atoms with Gasteiger partial charge in [0.1, 0.15) is 5.70 Å². The monoisotopic (exact) mass is 226 g/mol. The third-order valence-corrected chi connectivity index (χ3v) is 1.96. The summed E-state index contributed by atoms with van der Waals surface area (Å²) in [4.78, 5) is 33.5. The Balaban J connectivity index is 3.14. The minimum Gasteiger partial charge on any atom is -0.478 e. The van der Waals surface area contributed by atoms with Crippen molar-refractivity contribution in [3.63, 3.8) is 0 Å². The largest absolute Gasteiger partial charge is 0.478 e. The van der Waals surface area contributed by atoms with Gasteiger partial charge in [0.25, 0.3) is 0 Å². The minimum atomic E-state index is -1.40. The summed E-state index contributed by atoms with van der Waals surface area (Å²) in [7, 11) is 0. The minimum absolute atomic E-state index is 0.140.